The molecular formula is C16H21NO4. The van der Waals surface area contributed by atoms with Crippen LogP contribution in [0, 0.1) is 5.92 Å². The standard InChI is InChI=1S/C16H21NO4/c1-3-17-14(18)10-9-13(16(19)20)15(17)11-5-7-12(8-6-11)21-4-2/h5-8,13,15H,3-4,9-10H2,1-2H3,(H,19,20)/t13-,15+/m0/s1. The van der Waals surface area contributed by atoms with Crippen LogP contribution in [0.4, 0.5) is 0 Å². The van der Waals surface area contributed by atoms with E-state index in [1.807, 2.05) is 38.1 Å². The number of hydrogen-bond donors (Lipinski definition) is 1. The average Bonchev–Trinajstić information content (AvgIpc) is 2.47. The molecule has 2 atom stereocenters. The molecule has 5 heteroatoms. The fraction of sp³-hybridized carbons (Fsp3) is 0.500. The molecule has 21 heavy (non-hydrogen) atoms. The van der Waals surface area contributed by atoms with Gasteiger partial charge in [-0.1, -0.05) is 12.1 Å². The van der Waals surface area contributed by atoms with Crippen molar-refractivity contribution in [1.29, 1.82) is 0 Å². The van der Waals surface area contributed by atoms with Crippen LogP contribution in [0.5, 0.6) is 5.75 Å². The van der Waals surface area contributed by atoms with Crippen LogP contribution < -0.4 is 4.74 Å². The zero-order valence-electron chi connectivity index (χ0n) is 12.4. The number of aliphatic carboxylic acids is 1. The van der Waals surface area contributed by atoms with Crippen LogP contribution in [-0.4, -0.2) is 35.0 Å². The van der Waals surface area contributed by atoms with Gasteiger partial charge in [-0.25, -0.2) is 0 Å². The summed E-state index contributed by atoms with van der Waals surface area (Å²) < 4.78 is 5.40. The van der Waals surface area contributed by atoms with Crippen molar-refractivity contribution in [1.82, 2.24) is 4.90 Å². The van der Waals surface area contributed by atoms with Gasteiger partial charge in [0.15, 0.2) is 0 Å². The van der Waals surface area contributed by atoms with Crippen molar-refractivity contribution < 1.29 is 19.4 Å². The van der Waals surface area contributed by atoms with Crippen molar-refractivity contribution in [3.8, 4) is 5.75 Å². The molecule has 0 radical (unpaired) electrons. The molecule has 0 aromatic heterocycles. The van der Waals surface area contributed by atoms with Crippen LogP contribution in [0.15, 0.2) is 24.3 Å². The monoisotopic (exact) mass is 291 g/mol. The molecule has 0 spiro atoms. The summed E-state index contributed by atoms with van der Waals surface area (Å²) >= 11 is 0. The van der Waals surface area contributed by atoms with E-state index in [4.69, 9.17) is 4.74 Å². The summed E-state index contributed by atoms with van der Waals surface area (Å²) in [5.74, 6) is -0.632. The van der Waals surface area contributed by atoms with Gasteiger partial charge < -0.3 is 14.7 Å². The van der Waals surface area contributed by atoms with Crippen molar-refractivity contribution in [2.24, 2.45) is 5.92 Å². The first-order chi connectivity index (χ1) is 10.1. The highest BCUT2D eigenvalue weighted by Crippen LogP contribution is 2.37. The van der Waals surface area contributed by atoms with Crippen LogP contribution in [0.1, 0.15) is 38.3 Å². The van der Waals surface area contributed by atoms with E-state index in [9.17, 15) is 14.7 Å². The van der Waals surface area contributed by atoms with Crippen molar-refractivity contribution in [2.75, 3.05) is 13.2 Å². The minimum absolute atomic E-state index is 0.0221. The van der Waals surface area contributed by atoms with Gasteiger partial charge in [0.1, 0.15) is 5.75 Å². The maximum atomic E-state index is 12.1. The van der Waals surface area contributed by atoms with Crippen LogP contribution in [0.2, 0.25) is 0 Å². The Morgan fingerprint density at radius 2 is 2.00 bits per heavy atom. The number of likely N-dealkylation sites (tertiary alicyclic amines) is 1. The topological polar surface area (TPSA) is 66.8 Å². The lowest BCUT2D eigenvalue weighted by Crippen LogP contribution is -2.45. The molecule has 1 N–H and O–H groups in total. The van der Waals surface area contributed by atoms with Gasteiger partial charge in [-0.15, -0.1) is 0 Å². The largest absolute Gasteiger partial charge is 0.494 e. The molecule has 1 amide bonds. The van der Waals surface area contributed by atoms with Crippen molar-refractivity contribution in [3.05, 3.63) is 29.8 Å². The Labute approximate surface area is 124 Å². The third-order valence-electron chi connectivity index (χ3n) is 3.90. The number of benzene rings is 1. The Hall–Kier alpha value is -2.04. The third-order valence-corrected chi connectivity index (χ3v) is 3.90. The molecular weight excluding hydrogens is 270 g/mol. The van der Waals surface area contributed by atoms with E-state index in [0.717, 1.165) is 11.3 Å². The maximum absolute atomic E-state index is 12.1. The van der Waals surface area contributed by atoms with Crippen molar-refractivity contribution in [2.45, 2.75) is 32.7 Å². The van der Waals surface area contributed by atoms with Gasteiger partial charge in [-0.2, -0.15) is 0 Å². The average molecular weight is 291 g/mol. The number of rotatable bonds is 5. The number of carboxylic acid groups (broad SMARTS) is 1. The summed E-state index contributed by atoms with van der Waals surface area (Å²) in [6.45, 7) is 4.89. The summed E-state index contributed by atoms with van der Waals surface area (Å²) in [7, 11) is 0. The van der Waals surface area contributed by atoms with Gasteiger partial charge in [0.05, 0.1) is 18.6 Å². The number of carbonyl (C=O) groups is 2. The predicted octanol–water partition coefficient (Wildman–Crippen LogP) is 2.47. The number of nitrogens with zero attached hydrogens (tertiary/aromatic N) is 1. The van der Waals surface area contributed by atoms with Gasteiger partial charge in [-0.05, 0) is 38.0 Å². The number of ether oxygens (including phenoxy) is 1. The summed E-state index contributed by atoms with van der Waals surface area (Å²) in [5, 5.41) is 9.45. The highest BCUT2D eigenvalue weighted by atomic mass is 16.5. The zero-order valence-corrected chi connectivity index (χ0v) is 12.4. The number of piperidine rings is 1. The van der Waals surface area contributed by atoms with Gasteiger partial charge in [0.25, 0.3) is 0 Å². The Balaban J connectivity index is 2.33. The summed E-state index contributed by atoms with van der Waals surface area (Å²) in [6.07, 6.45) is 0.695. The van der Waals surface area contributed by atoms with Crippen molar-refractivity contribution >= 4 is 11.9 Å². The normalized spacial score (nSPS) is 22.2. The molecule has 1 saturated heterocycles. The fourth-order valence-electron chi connectivity index (χ4n) is 2.92. The lowest BCUT2D eigenvalue weighted by molar-refractivity contribution is -0.151. The SMILES string of the molecule is CCOc1ccc([C@@H]2[C@@H](C(=O)O)CCC(=O)N2CC)cc1. The second kappa shape index (κ2) is 6.61. The lowest BCUT2D eigenvalue weighted by Gasteiger charge is -2.39. The molecule has 0 bridgehead atoms. The summed E-state index contributed by atoms with van der Waals surface area (Å²) in [4.78, 5) is 25.2. The first-order valence-corrected chi connectivity index (χ1v) is 7.33. The van der Waals surface area contributed by atoms with E-state index in [-0.39, 0.29) is 5.91 Å². The predicted molar refractivity (Wildman–Crippen MR) is 78.1 cm³/mol. The molecule has 1 aromatic rings. The quantitative estimate of drug-likeness (QED) is 0.905. The number of carbonyl (C=O) groups excluding carboxylic acids is 1. The first kappa shape index (κ1) is 15.4. The highest BCUT2D eigenvalue weighted by Gasteiger charge is 2.39. The Morgan fingerprint density at radius 1 is 1.33 bits per heavy atom. The third kappa shape index (κ3) is 3.17. The van der Waals surface area contributed by atoms with Gasteiger partial charge in [-0.3, -0.25) is 9.59 Å². The van der Waals surface area contributed by atoms with E-state index in [2.05, 4.69) is 0 Å². The summed E-state index contributed by atoms with van der Waals surface area (Å²) in [5.41, 5.74) is 0.848. The molecule has 1 aromatic carbocycles. The van der Waals surface area contributed by atoms with Crippen LogP contribution in [0.25, 0.3) is 0 Å². The highest BCUT2D eigenvalue weighted by molar-refractivity contribution is 5.81. The molecule has 1 aliphatic heterocycles. The molecule has 5 nitrogen and oxygen atoms in total. The van der Waals surface area contributed by atoms with Gasteiger partial charge in [0.2, 0.25) is 5.91 Å². The molecule has 0 aliphatic carbocycles. The second-order valence-corrected chi connectivity index (χ2v) is 5.11. The van der Waals surface area contributed by atoms with Gasteiger partial charge >= 0.3 is 5.97 Å². The second-order valence-electron chi connectivity index (χ2n) is 5.11. The minimum Gasteiger partial charge on any atom is -0.494 e. The maximum Gasteiger partial charge on any atom is 0.308 e. The molecule has 114 valence electrons. The molecule has 2 rings (SSSR count). The Kier molecular flexibility index (Phi) is 4.83. The molecule has 1 heterocycles. The number of amides is 1. The van der Waals surface area contributed by atoms with E-state index >= 15 is 0 Å². The first-order valence-electron chi connectivity index (χ1n) is 7.33. The summed E-state index contributed by atoms with van der Waals surface area (Å²) in [6, 6.07) is 6.96. The van der Waals surface area contributed by atoms with Crippen LogP contribution in [0.3, 0.4) is 0 Å². The van der Waals surface area contributed by atoms with E-state index in [1.54, 1.807) is 4.90 Å². The zero-order chi connectivity index (χ0) is 15.4. The minimum atomic E-state index is -0.847. The Bertz CT molecular complexity index is 510. The Morgan fingerprint density at radius 3 is 2.52 bits per heavy atom. The molecule has 1 fully saturated rings. The fourth-order valence-corrected chi connectivity index (χ4v) is 2.92. The van der Waals surface area contributed by atoms with E-state index in [1.165, 1.54) is 0 Å². The van der Waals surface area contributed by atoms with E-state index < -0.39 is 17.9 Å². The number of carboxylic acids is 1. The molecule has 0 saturated carbocycles. The smallest absolute Gasteiger partial charge is 0.308 e. The molecule has 0 unspecified atom stereocenters. The van der Waals surface area contributed by atoms with Crippen LogP contribution in [-0.2, 0) is 9.59 Å². The van der Waals surface area contributed by atoms with Crippen molar-refractivity contribution in [3.63, 3.8) is 0 Å². The molecule has 1 aliphatic rings. The number of hydrogen-bond acceptors (Lipinski definition) is 3. The van der Waals surface area contributed by atoms with Crippen LogP contribution >= 0.6 is 0 Å². The lowest BCUT2D eigenvalue weighted by atomic mass is 9.84. The van der Waals surface area contributed by atoms with Gasteiger partial charge in [0, 0.05) is 13.0 Å². The van der Waals surface area contributed by atoms with E-state index in [0.29, 0.717) is 26.0 Å².